The van der Waals surface area contributed by atoms with Gasteiger partial charge in [-0.25, -0.2) is 4.98 Å². The van der Waals surface area contributed by atoms with E-state index in [0.29, 0.717) is 12.3 Å². The van der Waals surface area contributed by atoms with Gasteiger partial charge in [-0.2, -0.15) is 0 Å². The Labute approximate surface area is 106 Å². The van der Waals surface area contributed by atoms with Crippen LogP contribution < -0.4 is 14.8 Å². The number of nitrogens with zero attached hydrogens (tertiary/aromatic N) is 1. The van der Waals surface area contributed by atoms with Crippen molar-refractivity contribution in [2.75, 3.05) is 19.5 Å². The van der Waals surface area contributed by atoms with Crippen LogP contribution in [0.4, 0.5) is 5.69 Å². The maximum Gasteiger partial charge on any atom is 0.162 e. The van der Waals surface area contributed by atoms with Gasteiger partial charge >= 0.3 is 0 Å². The molecule has 0 aliphatic heterocycles. The molecular formula is C13H17N3O2. The van der Waals surface area contributed by atoms with Crippen LogP contribution in [0.25, 0.3) is 0 Å². The summed E-state index contributed by atoms with van der Waals surface area (Å²) in [5, 5.41) is 3.30. The fraction of sp³-hybridized carbons (Fsp3) is 0.308. The van der Waals surface area contributed by atoms with Gasteiger partial charge in [0, 0.05) is 17.4 Å². The molecule has 0 saturated heterocycles. The Morgan fingerprint density at radius 1 is 1.22 bits per heavy atom. The smallest absolute Gasteiger partial charge is 0.162 e. The van der Waals surface area contributed by atoms with E-state index in [2.05, 4.69) is 15.3 Å². The first-order valence-corrected chi connectivity index (χ1v) is 5.69. The third-order valence-corrected chi connectivity index (χ3v) is 2.78. The normalized spacial score (nSPS) is 10.2. The average molecular weight is 247 g/mol. The molecule has 0 spiro atoms. The van der Waals surface area contributed by atoms with E-state index in [9.17, 15) is 0 Å². The second-order valence-electron chi connectivity index (χ2n) is 3.90. The molecule has 1 aromatic heterocycles. The molecule has 2 aromatic rings. The van der Waals surface area contributed by atoms with E-state index in [1.165, 1.54) is 0 Å². The minimum Gasteiger partial charge on any atom is -0.493 e. The Hall–Kier alpha value is -2.17. The number of nitrogens with one attached hydrogen (secondary N) is 2. The summed E-state index contributed by atoms with van der Waals surface area (Å²) >= 11 is 0. The monoisotopic (exact) mass is 247 g/mol. The van der Waals surface area contributed by atoms with Crippen LogP contribution in [0, 0.1) is 6.92 Å². The summed E-state index contributed by atoms with van der Waals surface area (Å²) < 4.78 is 10.4. The van der Waals surface area contributed by atoms with Crippen LogP contribution in [-0.2, 0) is 6.54 Å². The summed E-state index contributed by atoms with van der Waals surface area (Å²) in [6, 6.07) is 5.72. The predicted octanol–water partition coefficient (Wildman–Crippen LogP) is 2.35. The van der Waals surface area contributed by atoms with E-state index >= 15 is 0 Å². The molecule has 0 aliphatic rings. The number of ether oxygens (including phenoxy) is 2. The zero-order valence-electron chi connectivity index (χ0n) is 10.8. The van der Waals surface area contributed by atoms with Gasteiger partial charge in [0.25, 0.3) is 0 Å². The van der Waals surface area contributed by atoms with Gasteiger partial charge in [0.1, 0.15) is 0 Å². The van der Waals surface area contributed by atoms with Gasteiger partial charge in [-0.1, -0.05) is 0 Å². The van der Waals surface area contributed by atoms with E-state index in [1.807, 2.05) is 25.1 Å². The highest BCUT2D eigenvalue weighted by Crippen LogP contribution is 2.29. The molecule has 2 rings (SSSR count). The number of hydrogen-bond acceptors (Lipinski definition) is 4. The van der Waals surface area contributed by atoms with Crippen molar-refractivity contribution in [1.29, 1.82) is 0 Å². The van der Waals surface area contributed by atoms with Crippen molar-refractivity contribution in [2.45, 2.75) is 13.5 Å². The third kappa shape index (κ3) is 2.56. The van der Waals surface area contributed by atoms with Crippen LogP contribution in [0.3, 0.4) is 0 Å². The molecular weight excluding hydrogens is 230 g/mol. The van der Waals surface area contributed by atoms with Crippen molar-refractivity contribution in [2.24, 2.45) is 0 Å². The lowest BCUT2D eigenvalue weighted by Crippen LogP contribution is -2.02. The fourth-order valence-corrected chi connectivity index (χ4v) is 1.70. The first-order valence-electron chi connectivity index (χ1n) is 5.69. The number of H-pyrrole nitrogens is 1. The van der Waals surface area contributed by atoms with Gasteiger partial charge < -0.3 is 19.8 Å². The molecule has 0 saturated carbocycles. The number of aryl methyl sites for hydroxylation is 1. The Balaban J connectivity index is 2.08. The van der Waals surface area contributed by atoms with Crippen LogP contribution in [0.5, 0.6) is 11.5 Å². The van der Waals surface area contributed by atoms with Crippen LogP contribution >= 0.6 is 0 Å². The second kappa shape index (κ2) is 5.44. The molecule has 0 fully saturated rings. The number of benzene rings is 1. The maximum atomic E-state index is 5.25. The summed E-state index contributed by atoms with van der Waals surface area (Å²) in [4.78, 5) is 7.28. The zero-order chi connectivity index (χ0) is 13.0. The molecule has 5 heteroatoms. The Kier molecular flexibility index (Phi) is 3.72. The van der Waals surface area contributed by atoms with Gasteiger partial charge in [-0.15, -0.1) is 0 Å². The standard InChI is InChI=1S/C13H17N3O2/c1-9-11(16-8-15-9)7-14-10-4-5-12(17-2)13(6-10)18-3/h4-6,8,14H,7H2,1-3H3,(H,15,16). The lowest BCUT2D eigenvalue weighted by molar-refractivity contribution is 0.355. The van der Waals surface area contributed by atoms with Crippen LogP contribution in [0.1, 0.15) is 11.4 Å². The van der Waals surface area contributed by atoms with E-state index in [4.69, 9.17) is 9.47 Å². The van der Waals surface area contributed by atoms with Crippen molar-refractivity contribution >= 4 is 5.69 Å². The summed E-state index contributed by atoms with van der Waals surface area (Å²) in [7, 11) is 3.25. The molecule has 0 amide bonds. The lowest BCUT2D eigenvalue weighted by atomic mass is 10.2. The fourth-order valence-electron chi connectivity index (χ4n) is 1.70. The van der Waals surface area contributed by atoms with Crippen LogP contribution in [0.2, 0.25) is 0 Å². The highest BCUT2D eigenvalue weighted by atomic mass is 16.5. The highest BCUT2D eigenvalue weighted by Gasteiger charge is 2.05. The number of aromatic amines is 1. The van der Waals surface area contributed by atoms with Gasteiger partial charge in [-0.3, -0.25) is 0 Å². The number of anilines is 1. The predicted molar refractivity (Wildman–Crippen MR) is 70.2 cm³/mol. The van der Waals surface area contributed by atoms with Crippen molar-refractivity contribution in [3.8, 4) is 11.5 Å². The summed E-state index contributed by atoms with van der Waals surface area (Å²) in [5.74, 6) is 1.43. The van der Waals surface area contributed by atoms with Gasteiger partial charge in [0.2, 0.25) is 0 Å². The number of hydrogen-bond donors (Lipinski definition) is 2. The summed E-state index contributed by atoms with van der Waals surface area (Å²) in [6.07, 6.45) is 1.70. The lowest BCUT2D eigenvalue weighted by Gasteiger charge is -2.10. The number of imidazole rings is 1. The van der Waals surface area contributed by atoms with Crippen molar-refractivity contribution < 1.29 is 9.47 Å². The summed E-state index contributed by atoms with van der Waals surface area (Å²) in [6.45, 7) is 2.67. The molecule has 2 N–H and O–H groups in total. The second-order valence-corrected chi connectivity index (χ2v) is 3.90. The molecule has 0 atom stereocenters. The van der Waals surface area contributed by atoms with E-state index in [-0.39, 0.29) is 0 Å². The highest BCUT2D eigenvalue weighted by molar-refractivity contribution is 5.54. The molecule has 0 aliphatic carbocycles. The molecule has 0 bridgehead atoms. The molecule has 5 nitrogen and oxygen atoms in total. The van der Waals surface area contributed by atoms with Crippen molar-refractivity contribution in [3.63, 3.8) is 0 Å². The molecule has 1 heterocycles. The van der Waals surface area contributed by atoms with E-state index < -0.39 is 0 Å². The molecule has 0 radical (unpaired) electrons. The van der Waals surface area contributed by atoms with Crippen molar-refractivity contribution in [1.82, 2.24) is 9.97 Å². The van der Waals surface area contributed by atoms with Gasteiger partial charge in [0.05, 0.1) is 32.8 Å². The minimum atomic E-state index is 0.671. The Morgan fingerprint density at radius 2 is 2.00 bits per heavy atom. The minimum absolute atomic E-state index is 0.671. The molecule has 96 valence electrons. The summed E-state index contributed by atoms with van der Waals surface area (Å²) in [5.41, 5.74) is 3.04. The largest absolute Gasteiger partial charge is 0.493 e. The first kappa shape index (κ1) is 12.3. The quantitative estimate of drug-likeness (QED) is 0.851. The Morgan fingerprint density at radius 3 is 2.61 bits per heavy atom. The Bertz CT molecular complexity index is 523. The van der Waals surface area contributed by atoms with E-state index in [0.717, 1.165) is 22.8 Å². The number of rotatable bonds is 5. The van der Waals surface area contributed by atoms with Crippen LogP contribution in [-0.4, -0.2) is 24.2 Å². The number of aromatic nitrogens is 2. The van der Waals surface area contributed by atoms with Crippen molar-refractivity contribution in [3.05, 3.63) is 35.9 Å². The maximum absolute atomic E-state index is 5.25. The first-order chi connectivity index (χ1) is 8.74. The average Bonchev–Trinajstić information content (AvgIpc) is 2.81. The van der Waals surface area contributed by atoms with Gasteiger partial charge in [0.15, 0.2) is 11.5 Å². The van der Waals surface area contributed by atoms with E-state index in [1.54, 1.807) is 20.5 Å². The van der Waals surface area contributed by atoms with Gasteiger partial charge in [-0.05, 0) is 19.1 Å². The van der Waals surface area contributed by atoms with Crippen LogP contribution in [0.15, 0.2) is 24.5 Å². The molecule has 0 unspecified atom stereocenters. The SMILES string of the molecule is COc1ccc(NCc2nc[nH]c2C)cc1OC. The number of methoxy groups -OCH3 is 2. The molecule has 1 aromatic carbocycles. The zero-order valence-corrected chi connectivity index (χ0v) is 10.8. The molecule has 18 heavy (non-hydrogen) atoms. The topological polar surface area (TPSA) is 59.2 Å². The third-order valence-electron chi connectivity index (χ3n) is 2.78.